The predicted octanol–water partition coefficient (Wildman–Crippen LogP) is 0.616. The Bertz CT molecular complexity index is 410. The lowest BCUT2D eigenvalue weighted by Gasteiger charge is -1.98. The van der Waals surface area contributed by atoms with E-state index in [-0.39, 0.29) is 24.4 Å². The summed E-state index contributed by atoms with van der Waals surface area (Å²) in [5.41, 5.74) is 0. The van der Waals surface area contributed by atoms with Crippen molar-refractivity contribution in [3.05, 3.63) is 5.82 Å². The second kappa shape index (κ2) is 4.61. The number of aromatic nitrogens is 2. The third-order valence-corrected chi connectivity index (χ3v) is 2.53. The van der Waals surface area contributed by atoms with Crippen molar-refractivity contribution >= 4 is 9.84 Å². The molecular formula is C8H14N2O4S. The Balaban J connectivity index is 2.45. The molecule has 1 aromatic rings. The van der Waals surface area contributed by atoms with Gasteiger partial charge in [0.05, 0.1) is 5.75 Å². The number of rotatable bonds is 5. The average Bonchev–Trinajstić information content (AvgIpc) is 2.50. The molecule has 0 aromatic carbocycles. The molecule has 0 unspecified atom stereocenters. The second-order valence-corrected chi connectivity index (χ2v) is 5.81. The Hall–Kier alpha value is -1.11. The quantitative estimate of drug-likeness (QED) is 0.742. The fourth-order valence-electron chi connectivity index (χ4n) is 0.794. The molecule has 0 radical (unpaired) electrons. The molecule has 1 aromatic heterocycles. The van der Waals surface area contributed by atoms with Crippen molar-refractivity contribution in [3.63, 3.8) is 0 Å². The van der Waals surface area contributed by atoms with Crippen LogP contribution < -0.4 is 4.74 Å². The second-order valence-electron chi connectivity index (χ2n) is 3.55. The van der Waals surface area contributed by atoms with E-state index in [9.17, 15) is 8.42 Å². The van der Waals surface area contributed by atoms with Gasteiger partial charge in [-0.3, -0.25) is 4.52 Å². The van der Waals surface area contributed by atoms with Crippen molar-refractivity contribution in [2.75, 3.05) is 18.6 Å². The molecule has 6 nitrogen and oxygen atoms in total. The maximum Gasteiger partial charge on any atom is 0.417 e. The molecule has 0 atom stereocenters. The van der Waals surface area contributed by atoms with Crippen LogP contribution in [0.25, 0.3) is 0 Å². The monoisotopic (exact) mass is 234 g/mol. The first kappa shape index (κ1) is 12.0. The third-order valence-electron chi connectivity index (χ3n) is 1.62. The van der Waals surface area contributed by atoms with Crippen LogP contribution in [0.5, 0.6) is 6.08 Å². The summed E-state index contributed by atoms with van der Waals surface area (Å²) in [5, 5.41) is 3.67. The highest BCUT2D eigenvalue weighted by molar-refractivity contribution is 7.90. The summed E-state index contributed by atoms with van der Waals surface area (Å²) in [6, 6.07) is 0. The zero-order valence-electron chi connectivity index (χ0n) is 8.93. The lowest BCUT2D eigenvalue weighted by Crippen LogP contribution is -2.12. The van der Waals surface area contributed by atoms with Crippen LogP contribution in [0, 0.1) is 0 Å². The van der Waals surface area contributed by atoms with Gasteiger partial charge < -0.3 is 4.74 Å². The molecule has 86 valence electrons. The van der Waals surface area contributed by atoms with Gasteiger partial charge in [-0.1, -0.05) is 19.0 Å². The smallest absolute Gasteiger partial charge is 0.417 e. The van der Waals surface area contributed by atoms with E-state index < -0.39 is 9.84 Å². The highest BCUT2D eigenvalue weighted by Gasteiger charge is 2.11. The first-order chi connectivity index (χ1) is 6.88. The highest BCUT2D eigenvalue weighted by Crippen LogP contribution is 2.13. The Morgan fingerprint density at radius 2 is 2.13 bits per heavy atom. The van der Waals surface area contributed by atoms with Crippen molar-refractivity contribution in [3.8, 4) is 6.08 Å². The SMILES string of the molecule is CC(C)c1noc(OCCS(C)(=O)=O)n1. The van der Waals surface area contributed by atoms with Crippen LogP contribution in [0.1, 0.15) is 25.6 Å². The Morgan fingerprint density at radius 1 is 1.47 bits per heavy atom. The van der Waals surface area contributed by atoms with E-state index in [1.165, 1.54) is 0 Å². The molecule has 1 heterocycles. The van der Waals surface area contributed by atoms with Crippen LogP contribution in [0.3, 0.4) is 0 Å². The summed E-state index contributed by atoms with van der Waals surface area (Å²) in [5.74, 6) is 0.636. The Labute approximate surface area is 88.5 Å². The molecule has 15 heavy (non-hydrogen) atoms. The van der Waals surface area contributed by atoms with E-state index in [0.29, 0.717) is 5.82 Å². The summed E-state index contributed by atoms with van der Waals surface area (Å²) in [6.07, 6.45) is 1.16. The summed E-state index contributed by atoms with van der Waals surface area (Å²) in [6.45, 7) is 3.87. The Kier molecular flexibility index (Phi) is 3.67. The maximum atomic E-state index is 10.8. The molecule has 0 aliphatic heterocycles. The van der Waals surface area contributed by atoms with Crippen LogP contribution in [0.2, 0.25) is 0 Å². The van der Waals surface area contributed by atoms with Crippen molar-refractivity contribution in [2.45, 2.75) is 19.8 Å². The fraction of sp³-hybridized carbons (Fsp3) is 0.750. The Morgan fingerprint density at radius 3 is 2.60 bits per heavy atom. The minimum Gasteiger partial charge on any atom is -0.448 e. The predicted molar refractivity (Wildman–Crippen MR) is 53.6 cm³/mol. The largest absolute Gasteiger partial charge is 0.448 e. The molecule has 0 amide bonds. The molecular weight excluding hydrogens is 220 g/mol. The van der Waals surface area contributed by atoms with Crippen LogP contribution >= 0.6 is 0 Å². The molecule has 0 aliphatic carbocycles. The number of nitrogens with zero attached hydrogens (tertiary/aromatic N) is 2. The lowest BCUT2D eigenvalue weighted by molar-refractivity contribution is 0.216. The van der Waals surface area contributed by atoms with Gasteiger partial charge in [0.15, 0.2) is 15.7 Å². The van der Waals surface area contributed by atoms with E-state index >= 15 is 0 Å². The maximum absolute atomic E-state index is 10.8. The number of hydrogen-bond acceptors (Lipinski definition) is 6. The van der Waals surface area contributed by atoms with Crippen LogP contribution in [-0.4, -0.2) is 37.2 Å². The third kappa shape index (κ3) is 4.28. The van der Waals surface area contributed by atoms with E-state index in [1.54, 1.807) is 0 Å². The number of ether oxygens (including phenoxy) is 1. The summed E-state index contributed by atoms with van der Waals surface area (Å²) in [4.78, 5) is 3.93. The molecule has 0 aliphatic rings. The van der Waals surface area contributed by atoms with Gasteiger partial charge in [-0.25, -0.2) is 8.42 Å². The summed E-state index contributed by atoms with van der Waals surface area (Å²) in [7, 11) is -3.02. The van der Waals surface area contributed by atoms with E-state index in [0.717, 1.165) is 6.26 Å². The molecule has 0 saturated heterocycles. The van der Waals surface area contributed by atoms with Gasteiger partial charge >= 0.3 is 6.08 Å². The molecule has 7 heteroatoms. The zero-order chi connectivity index (χ0) is 11.5. The highest BCUT2D eigenvalue weighted by atomic mass is 32.2. The molecule has 0 bridgehead atoms. The van der Waals surface area contributed by atoms with Crippen molar-refractivity contribution in [1.29, 1.82) is 0 Å². The van der Waals surface area contributed by atoms with Gasteiger partial charge in [0.1, 0.15) is 6.61 Å². The minimum atomic E-state index is -3.02. The molecule has 0 saturated carbocycles. The zero-order valence-corrected chi connectivity index (χ0v) is 9.74. The van der Waals surface area contributed by atoms with Gasteiger partial charge in [-0.05, 0) is 0 Å². The molecule has 0 N–H and O–H groups in total. The number of sulfone groups is 1. The first-order valence-electron chi connectivity index (χ1n) is 4.52. The van der Waals surface area contributed by atoms with E-state index in [4.69, 9.17) is 9.26 Å². The van der Waals surface area contributed by atoms with E-state index in [1.807, 2.05) is 13.8 Å². The van der Waals surface area contributed by atoms with Crippen molar-refractivity contribution < 1.29 is 17.7 Å². The van der Waals surface area contributed by atoms with Crippen LogP contribution in [-0.2, 0) is 9.84 Å². The van der Waals surface area contributed by atoms with E-state index in [2.05, 4.69) is 10.1 Å². The molecule has 0 fully saturated rings. The van der Waals surface area contributed by atoms with Gasteiger partial charge in [0.25, 0.3) is 0 Å². The summed E-state index contributed by atoms with van der Waals surface area (Å²) < 4.78 is 31.3. The summed E-state index contributed by atoms with van der Waals surface area (Å²) >= 11 is 0. The molecule has 0 spiro atoms. The van der Waals surface area contributed by atoms with Gasteiger partial charge in [-0.2, -0.15) is 4.98 Å². The first-order valence-corrected chi connectivity index (χ1v) is 6.58. The number of hydrogen-bond donors (Lipinski definition) is 0. The molecule has 1 rings (SSSR count). The normalized spacial score (nSPS) is 12.0. The fourth-order valence-corrected chi connectivity index (χ4v) is 1.18. The van der Waals surface area contributed by atoms with Crippen LogP contribution in [0.4, 0.5) is 0 Å². The van der Waals surface area contributed by atoms with Crippen LogP contribution in [0.15, 0.2) is 4.52 Å². The lowest BCUT2D eigenvalue weighted by atomic mass is 10.2. The minimum absolute atomic E-state index is 0.0161. The van der Waals surface area contributed by atoms with Crippen molar-refractivity contribution in [1.82, 2.24) is 10.1 Å². The van der Waals surface area contributed by atoms with Gasteiger partial charge in [0.2, 0.25) is 0 Å². The van der Waals surface area contributed by atoms with Gasteiger partial charge in [-0.15, -0.1) is 0 Å². The van der Waals surface area contributed by atoms with Gasteiger partial charge in [0, 0.05) is 12.2 Å². The topological polar surface area (TPSA) is 82.3 Å². The standard InChI is InChI=1S/C8H14N2O4S/c1-6(2)7-9-8(14-10-7)13-4-5-15(3,11)12/h6H,4-5H2,1-3H3. The average molecular weight is 234 g/mol. The van der Waals surface area contributed by atoms with Crippen molar-refractivity contribution in [2.24, 2.45) is 0 Å².